The second-order valence-electron chi connectivity index (χ2n) is 5.26. The van der Waals surface area contributed by atoms with Gasteiger partial charge in [0.15, 0.2) is 5.69 Å². The Morgan fingerprint density at radius 3 is 3.10 bits per heavy atom. The summed E-state index contributed by atoms with van der Waals surface area (Å²) in [6.07, 6.45) is 7.49. The third-order valence-corrected chi connectivity index (χ3v) is 3.83. The summed E-state index contributed by atoms with van der Waals surface area (Å²) in [5, 5.41) is 17.9. The molecule has 0 bridgehead atoms. The van der Waals surface area contributed by atoms with Crippen LogP contribution in [0.15, 0.2) is 10.7 Å². The normalized spacial score (nSPS) is 23.1. The van der Waals surface area contributed by atoms with Crippen molar-refractivity contribution in [3.05, 3.63) is 12.1 Å². The quantitative estimate of drug-likeness (QED) is 0.866. The molecule has 0 amide bonds. The average molecular weight is 276 g/mol. The molecular formula is C13H20N6O. The molecule has 2 atom stereocenters. The van der Waals surface area contributed by atoms with E-state index in [9.17, 15) is 0 Å². The maximum Gasteiger partial charge on any atom is 0.231 e. The van der Waals surface area contributed by atoms with Gasteiger partial charge >= 0.3 is 0 Å². The van der Waals surface area contributed by atoms with E-state index in [-0.39, 0.29) is 0 Å². The number of hydrogen-bond donors (Lipinski definition) is 2. The molecule has 108 valence electrons. The van der Waals surface area contributed by atoms with Gasteiger partial charge in [-0.15, -0.1) is 0 Å². The summed E-state index contributed by atoms with van der Waals surface area (Å²) >= 11 is 0. The zero-order valence-corrected chi connectivity index (χ0v) is 11.7. The first-order valence-corrected chi connectivity index (χ1v) is 7.31. The molecule has 2 aromatic heterocycles. The zero-order valence-electron chi connectivity index (χ0n) is 11.7. The van der Waals surface area contributed by atoms with Crippen LogP contribution in [0.4, 0.5) is 0 Å². The Balaban J connectivity index is 1.76. The van der Waals surface area contributed by atoms with Crippen LogP contribution in [0.5, 0.6) is 0 Å². The van der Waals surface area contributed by atoms with Gasteiger partial charge in [0.25, 0.3) is 0 Å². The van der Waals surface area contributed by atoms with Crippen LogP contribution in [-0.4, -0.2) is 38.1 Å². The summed E-state index contributed by atoms with van der Waals surface area (Å²) in [4.78, 5) is 4.49. The van der Waals surface area contributed by atoms with Crippen LogP contribution in [0.3, 0.4) is 0 Å². The Hall–Kier alpha value is -1.76. The summed E-state index contributed by atoms with van der Waals surface area (Å²) < 4.78 is 5.46. The Morgan fingerprint density at radius 1 is 1.40 bits per heavy atom. The van der Waals surface area contributed by atoms with Crippen LogP contribution in [0.25, 0.3) is 11.5 Å². The maximum absolute atomic E-state index is 5.46. The van der Waals surface area contributed by atoms with Gasteiger partial charge in [-0.05, 0) is 25.8 Å². The van der Waals surface area contributed by atoms with E-state index < -0.39 is 0 Å². The minimum Gasteiger partial charge on any atom is -0.339 e. The van der Waals surface area contributed by atoms with Crippen molar-refractivity contribution in [2.75, 3.05) is 6.54 Å². The molecule has 3 rings (SSSR count). The van der Waals surface area contributed by atoms with Crippen LogP contribution < -0.4 is 5.32 Å². The van der Waals surface area contributed by atoms with Crippen molar-refractivity contribution >= 4 is 0 Å². The van der Waals surface area contributed by atoms with Crippen molar-refractivity contribution in [1.29, 1.82) is 0 Å². The topological polar surface area (TPSA) is 92.5 Å². The average Bonchev–Trinajstić information content (AvgIpc) is 3.15. The number of hydrogen-bond acceptors (Lipinski definition) is 6. The predicted molar refractivity (Wildman–Crippen MR) is 73.0 cm³/mol. The van der Waals surface area contributed by atoms with E-state index >= 15 is 0 Å². The molecule has 20 heavy (non-hydrogen) atoms. The Morgan fingerprint density at radius 2 is 2.30 bits per heavy atom. The number of H-pyrrole nitrogens is 1. The van der Waals surface area contributed by atoms with Crippen LogP contribution in [0, 0.1) is 0 Å². The fourth-order valence-corrected chi connectivity index (χ4v) is 2.80. The maximum atomic E-state index is 5.46. The third-order valence-electron chi connectivity index (χ3n) is 3.83. The van der Waals surface area contributed by atoms with E-state index in [1.54, 1.807) is 6.20 Å². The third kappa shape index (κ3) is 2.72. The minimum atomic E-state index is 0.309. The predicted octanol–water partition coefficient (Wildman–Crippen LogP) is 1.88. The highest BCUT2D eigenvalue weighted by molar-refractivity contribution is 5.44. The van der Waals surface area contributed by atoms with Gasteiger partial charge in [-0.3, -0.25) is 0 Å². The van der Waals surface area contributed by atoms with Crippen LogP contribution in [0.2, 0.25) is 0 Å². The van der Waals surface area contributed by atoms with Crippen molar-refractivity contribution in [3.8, 4) is 11.5 Å². The number of nitrogens with one attached hydrogen (secondary N) is 2. The first kappa shape index (κ1) is 13.2. The molecular weight excluding hydrogens is 256 g/mol. The fourth-order valence-electron chi connectivity index (χ4n) is 2.80. The lowest BCUT2D eigenvalue weighted by Crippen LogP contribution is -2.37. The molecule has 1 aliphatic carbocycles. The zero-order chi connectivity index (χ0) is 13.8. The monoisotopic (exact) mass is 276 g/mol. The van der Waals surface area contributed by atoms with E-state index in [4.69, 9.17) is 4.52 Å². The van der Waals surface area contributed by atoms with Crippen molar-refractivity contribution in [3.63, 3.8) is 0 Å². The van der Waals surface area contributed by atoms with Crippen molar-refractivity contribution < 1.29 is 4.52 Å². The molecule has 1 fully saturated rings. The number of nitrogens with zero attached hydrogens (tertiary/aromatic N) is 4. The second kappa shape index (κ2) is 6.13. The van der Waals surface area contributed by atoms with Gasteiger partial charge in [0, 0.05) is 6.04 Å². The molecule has 7 heteroatoms. The second-order valence-corrected chi connectivity index (χ2v) is 5.26. The van der Waals surface area contributed by atoms with Gasteiger partial charge in [0.1, 0.15) is 0 Å². The summed E-state index contributed by atoms with van der Waals surface area (Å²) in [6.45, 7) is 3.21. The highest BCUT2D eigenvalue weighted by atomic mass is 16.5. The summed E-state index contributed by atoms with van der Waals surface area (Å²) in [6, 6.07) is 0.439. The van der Waals surface area contributed by atoms with Crippen molar-refractivity contribution in [1.82, 2.24) is 30.9 Å². The molecule has 0 aromatic carbocycles. The number of aromatic nitrogens is 5. The van der Waals surface area contributed by atoms with Crippen molar-refractivity contribution in [2.24, 2.45) is 0 Å². The Bertz CT molecular complexity index is 523. The van der Waals surface area contributed by atoms with Gasteiger partial charge in [-0.25, -0.2) is 0 Å². The molecule has 7 nitrogen and oxygen atoms in total. The Labute approximate surface area is 117 Å². The van der Waals surface area contributed by atoms with E-state index in [0.717, 1.165) is 25.3 Å². The van der Waals surface area contributed by atoms with Crippen molar-refractivity contribution in [2.45, 2.75) is 51.0 Å². The number of rotatable bonds is 5. The van der Waals surface area contributed by atoms with E-state index in [1.807, 2.05) is 0 Å². The lowest BCUT2D eigenvalue weighted by Gasteiger charge is -2.29. The molecule has 0 saturated heterocycles. The molecule has 2 aromatic rings. The molecule has 0 aliphatic heterocycles. The van der Waals surface area contributed by atoms with Gasteiger partial charge < -0.3 is 9.84 Å². The lowest BCUT2D eigenvalue weighted by molar-refractivity contribution is 0.263. The smallest absolute Gasteiger partial charge is 0.231 e. The van der Waals surface area contributed by atoms with Crippen LogP contribution in [0.1, 0.15) is 50.8 Å². The molecule has 1 aliphatic rings. The van der Waals surface area contributed by atoms with Gasteiger partial charge in [-0.1, -0.05) is 24.9 Å². The summed E-state index contributed by atoms with van der Waals surface area (Å²) in [5.41, 5.74) is 0.619. The SMILES string of the molecule is CCCNC1CCCCC1c1nc(-c2cn[nH]n2)no1. The standard InChI is InChI=1S/C13H20N6O/c1-2-7-14-10-6-4-3-5-9(10)13-16-12(18-20-13)11-8-15-19-17-11/h8-10,14H,2-7H2,1H3,(H,15,17,19). The lowest BCUT2D eigenvalue weighted by atomic mass is 9.84. The van der Waals surface area contributed by atoms with Gasteiger partial charge in [0.05, 0.1) is 12.1 Å². The van der Waals surface area contributed by atoms with Crippen LogP contribution in [-0.2, 0) is 0 Å². The highest BCUT2D eigenvalue weighted by Gasteiger charge is 2.30. The largest absolute Gasteiger partial charge is 0.339 e. The molecule has 1 saturated carbocycles. The minimum absolute atomic E-state index is 0.309. The summed E-state index contributed by atoms with van der Waals surface area (Å²) in [7, 11) is 0. The van der Waals surface area contributed by atoms with E-state index in [1.165, 1.54) is 19.3 Å². The molecule has 0 spiro atoms. The van der Waals surface area contributed by atoms with Gasteiger partial charge in [-0.2, -0.15) is 20.4 Å². The van der Waals surface area contributed by atoms with E-state index in [0.29, 0.717) is 23.5 Å². The fraction of sp³-hybridized carbons (Fsp3) is 0.692. The van der Waals surface area contributed by atoms with Crippen LogP contribution >= 0.6 is 0 Å². The van der Waals surface area contributed by atoms with E-state index in [2.05, 4.69) is 37.8 Å². The molecule has 2 N–H and O–H groups in total. The number of aromatic amines is 1. The Kier molecular flexibility index (Phi) is 4.05. The molecule has 2 unspecified atom stereocenters. The molecule has 0 radical (unpaired) electrons. The van der Waals surface area contributed by atoms with Gasteiger partial charge in [0.2, 0.25) is 11.7 Å². The summed E-state index contributed by atoms with van der Waals surface area (Å²) in [5.74, 6) is 1.54. The molecule has 2 heterocycles. The highest BCUT2D eigenvalue weighted by Crippen LogP contribution is 2.32. The first-order valence-electron chi connectivity index (χ1n) is 7.31. The first-order chi connectivity index (χ1) is 9.88.